The van der Waals surface area contributed by atoms with Gasteiger partial charge in [0.25, 0.3) is 0 Å². The van der Waals surface area contributed by atoms with Crippen LogP contribution in [0.3, 0.4) is 0 Å². The first-order chi connectivity index (χ1) is 5.86. The molecule has 0 aliphatic carbocycles. The van der Waals surface area contributed by atoms with Gasteiger partial charge in [-0.05, 0) is 0 Å². The van der Waals surface area contributed by atoms with Gasteiger partial charge in [0.05, 0.1) is 12.5 Å². The van der Waals surface area contributed by atoms with E-state index in [4.69, 9.17) is 5.26 Å². The topological polar surface area (TPSA) is 32.6 Å². The average molecular weight is 162 g/mol. The molecular formula is C9H12N3+. The fourth-order valence-corrected chi connectivity index (χ4v) is 1.01. The molecule has 0 bridgehead atoms. The van der Waals surface area contributed by atoms with Gasteiger partial charge in [-0.2, -0.15) is 5.26 Å². The molecule has 0 amide bonds. The zero-order valence-corrected chi connectivity index (χ0v) is 6.98. The first-order valence-electron chi connectivity index (χ1n) is 3.89. The number of hydrogen-bond donors (Lipinski definition) is 0. The molecule has 0 radical (unpaired) electrons. The average Bonchev–Trinajstić information content (AvgIpc) is 2.50. The van der Waals surface area contributed by atoms with E-state index >= 15 is 0 Å². The Balaban J connectivity index is 2.53. The van der Waals surface area contributed by atoms with Crippen LogP contribution in [0.5, 0.6) is 0 Å². The van der Waals surface area contributed by atoms with E-state index in [-0.39, 0.29) is 0 Å². The predicted octanol–water partition coefficient (Wildman–Crippen LogP) is 0.875. The summed E-state index contributed by atoms with van der Waals surface area (Å²) < 4.78 is 4.01. The minimum Gasteiger partial charge on any atom is -0.236 e. The second-order valence-corrected chi connectivity index (χ2v) is 2.55. The van der Waals surface area contributed by atoms with Crippen LogP contribution in [0.4, 0.5) is 0 Å². The van der Waals surface area contributed by atoms with E-state index in [0.717, 1.165) is 13.1 Å². The molecule has 0 saturated heterocycles. The van der Waals surface area contributed by atoms with E-state index in [9.17, 15) is 0 Å². The molecule has 1 rings (SSSR count). The van der Waals surface area contributed by atoms with Gasteiger partial charge in [0.1, 0.15) is 25.5 Å². The van der Waals surface area contributed by atoms with Gasteiger partial charge >= 0.3 is 0 Å². The Morgan fingerprint density at radius 3 is 3.17 bits per heavy atom. The Morgan fingerprint density at radius 2 is 2.50 bits per heavy atom. The lowest BCUT2D eigenvalue weighted by Gasteiger charge is -1.87. The molecule has 0 N–H and O–H groups in total. The molecule has 1 aromatic rings. The summed E-state index contributed by atoms with van der Waals surface area (Å²) in [7, 11) is 0. The molecule has 0 aromatic carbocycles. The molecule has 62 valence electrons. The highest BCUT2D eigenvalue weighted by molar-refractivity contribution is 4.74. The van der Waals surface area contributed by atoms with Crippen molar-refractivity contribution in [2.45, 2.75) is 19.5 Å². The van der Waals surface area contributed by atoms with E-state index < -0.39 is 0 Å². The molecule has 1 aromatic heterocycles. The number of aryl methyl sites for hydroxylation is 1. The second-order valence-electron chi connectivity index (χ2n) is 2.55. The summed E-state index contributed by atoms with van der Waals surface area (Å²) in [6.45, 7) is 5.23. The third kappa shape index (κ3) is 2.24. The molecule has 12 heavy (non-hydrogen) atoms. The third-order valence-electron chi connectivity index (χ3n) is 1.57. The minimum atomic E-state index is 0.558. The van der Waals surface area contributed by atoms with Crippen molar-refractivity contribution >= 4 is 0 Å². The monoisotopic (exact) mass is 162 g/mol. The lowest BCUT2D eigenvalue weighted by atomic mass is 10.5. The molecule has 0 unspecified atom stereocenters. The largest absolute Gasteiger partial charge is 0.244 e. The Labute approximate surface area is 72.2 Å². The summed E-state index contributed by atoms with van der Waals surface area (Å²) in [4.78, 5) is 0. The van der Waals surface area contributed by atoms with Gasteiger partial charge in [0.2, 0.25) is 6.33 Å². The van der Waals surface area contributed by atoms with Crippen LogP contribution in [0, 0.1) is 11.3 Å². The van der Waals surface area contributed by atoms with Crippen LogP contribution in [0.25, 0.3) is 0 Å². The van der Waals surface area contributed by atoms with Crippen LogP contribution in [-0.2, 0) is 13.1 Å². The zero-order chi connectivity index (χ0) is 8.81. The number of allylic oxidation sites excluding steroid dienone is 1. The van der Waals surface area contributed by atoms with E-state index in [1.807, 2.05) is 33.9 Å². The van der Waals surface area contributed by atoms with Gasteiger partial charge in [-0.15, -0.1) is 0 Å². The first kappa shape index (κ1) is 8.54. The molecule has 0 aliphatic heterocycles. The summed E-state index contributed by atoms with van der Waals surface area (Å²) in [5.41, 5.74) is 0. The van der Waals surface area contributed by atoms with Crippen molar-refractivity contribution in [1.29, 1.82) is 5.26 Å². The lowest BCUT2D eigenvalue weighted by molar-refractivity contribution is -0.695. The Bertz CT molecular complexity index is 293. The van der Waals surface area contributed by atoms with Gasteiger partial charge < -0.3 is 0 Å². The Morgan fingerprint density at radius 1 is 1.67 bits per heavy atom. The number of rotatable bonds is 4. The number of hydrogen-bond acceptors (Lipinski definition) is 1. The molecule has 0 spiro atoms. The zero-order valence-electron chi connectivity index (χ0n) is 6.98. The Kier molecular flexibility index (Phi) is 3.09. The van der Waals surface area contributed by atoms with E-state index in [2.05, 4.69) is 12.6 Å². The summed E-state index contributed by atoms with van der Waals surface area (Å²) in [6.07, 6.45) is 8.30. The SMILES string of the molecule is C=CCn1cc[n+](CCC#N)c1. The van der Waals surface area contributed by atoms with Crippen LogP contribution < -0.4 is 4.57 Å². The van der Waals surface area contributed by atoms with Crippen molar-refractivity contribution < 1.29 is 4.57 Å². The number of nitriles is 1. The molecule has 0 fully saturated rings. The summed E-state index contributed by atoms with van der Waals surface area (Å²) >= 11 is 0. The third-order valence-corrected chi connectivity index (χ3v) is 1.57. The van der Waals surface area contributed by atoms with Crippen molar-refractivity contribution in [2.24, 2.45) is 0 Å². The maximum absolute atomic E-state index is 8.35. The summed E-state index contributed by atoms with van der Waals surface area (Å²) in [6, 6.07) is 2.11. The molecular weight excluding hydrogens is 150 g/mol. The molecule has 3 heteroatoms. The molecule has 0 atom stereocenters. The van der Waals surface area contributed by atoms with Crippen LogP contribution in [-0.4, -0.2) is 4.57 Å². The normalized spacial score (nSPS) is 9.25. The second kappa shape index (κ2) is 4.35. The van der Waals surface area contributed by atoms with Crippen LogP contribution in [0.1, 0.15) is 6.42 Å². The lowest BCUT2D eigenvalue weighted by Crippen LogP contribution is -2.30. The fraction of sp³-hybridized carbons (Fsp3) is 0.333. The van der Waals surface area contributed by atoms with Crippen LogP contribution in [0.2, 0.25) is 0 Å². The smallest absolute Gasteiger partial charge is 0.236 e. The number of aromatic nitrogens is 2. The van der Waals surface area contributed by atoms with E-state index in [0.29, 0.717) is 6.42 Å². The first-order valence-corrected chi connectivity index (χ1v) is 3.89. The van der Waals surface area contributed by atoms with Crippen molar-refractivity contribution in [3.63, 3.8) is 0 Å². The fourth-order valence-electron chi connectivity index (χ4n) is 1.01. The molecule has 1 heterocycles. The number of nitrogens with zero attached hydrogens (tertiary/aromatic N) is 3. The highest BCUT2D eigenvalue weighted by Gasteiger charge is 1.99. The summed E-state index contributed by atoms with van der Waals surface area (Å²) in [5, 5.41) is 8.35. The van der Waals surface area contributed by atoms with E-state index in [1.165, 1.54) is 0 Å². The quantitative estimate of drug-likeness (QED) is 0.477. The van der Waals surface area contributed by atoms with Crippen molar-refractivity contribution in [2.75, 3.05) is 0 Å². The standard InChI is InChI=1S/C9H12N3/c1-2-5-11-7-8-12(9-11)6-3-4-10/h2,7-9H,1,3,5-6H2/q+1. The van der Waals surface area contributed by atoms with Crippen LogP contribution >= 0.6 is 0 Å². The highest BCUT2D eigenvalue weighted by Crippen LogP contribution is 1.85. The highest BCUT2D eigenvalue weighted by atomic mass is 15.1. The maximum atomic E-state index is 8.35. The van der Waals surface area contributed by atoms with Gasteiger partial charge in [-0.1, -0.05) is 12.7 Å². The maximum Gasteiger partial charge on any atom is 0.244 e. The van der Waals surface area contributed by atoms with E-state index in [1.54, 1.807) is 0 Å². The molecule has 0 saturated carbocycles. The molecule has 0 aliphatic rings. The minimum absolute atomic E-state index is 0.558. The summed E-state index contributed by atoms with van der Waals surface area (Å²) in [5.74, 6) is 0. The Hall–Kier alpha value is -1.56. The number of imidazole rings is 1. The van der Waals surface area contributed by atoms with Crippen molar-refractivity contribution in [3.05, 3.63) is 31.4 Å². The van der Waals surface area contributed by atoms with Crippen LogP contribution in [0.15, 0.2) is 31.4 Å². The van der Waals surface area contributed by atoms with Gasteiger partial charge in [0, 0.05) is 0 Å². The van der Waals surface area contributed by atoms with Gasteiger partial charge in [-0.25, -0.2) is 9.13 Å². The van der Waals surface area contributed by atoms with Gasteiger partial charge in [-0.3, -0.25) is 0 Å². The van der Waals surface area contributed by atoms with Gasteiger partial charge in [0.15, 0.2) is 0 Å². The predicted molar refractivity (Wildman–Crippen MR) is 45.1 cm³/mol. The molecule has 3 nitrogen and oxygen atoms in total. The van der Waals surface area contributed by atoms with Crippen molar-refractivity contribution in [1.82, 2.24) is 4.57 Å². The van der Waals surface area contributed by atoms with Crippen molar-refractivity contribution in [3.8, 4) is 6.07 Å².